The van der Waals surface area contributed by atoms with Crippen molar-refractivity contribution < 1.29 is 4.74 Å². The highest BCUT2D eigenvalue weighted by Crippen LogP contribution is 2.52. The Labute approximate surface area is 125 Å². The summed E-state index contributed by atoms with van der Waals surface area (Å²) >= 11 is 0. The highest BCUT2D eigenvalue weighted by molar-refractivity contribution is 5.97. The van der Waals surface area contributed by atoms with Crippen molar-refractivity contribution in [1.29, 1.82) is 0 Å². The van der Waals surface area contributed by atoms with Gasteiger partial charge in [-0.25, -0.2) is 0 Å². The predicted octanol–water partition coefficient (Wildman–Crippen LogP) is 4.81. The number of hydrogen-bond donors (Lipinski definition) is 0. The van der Waals surface area contributed by atoms with Crippen LogP contribution < -0.4 is 4.74 Å². The molecule has 21 heavy (non-hydrogen) atoms. The molecule has 2 aliphatic carbocycles. The summed E-state index contributed by atoms with van der Waals surface area (Å²) in [5.41, 5.74) is 5.69. The number of benzene rings is 2. The van der Waals surface area contributed by atoms with Crippen LogP contribution in [0.15, 0.2) is 66.7 Å². The third kappa shape index (κ3) is 2.01. The van der Waals surface area contributed by atoms with Gasteiger partial charge in [-0.15, -0.1) is 0 Å². The second-order valence-electron chi connectivity index (χ2n) is 5.76. The Morgan fingerprint density at radius 2 is 1.33 bits per heavy atom. The number of allylic oxidation sites excluding steroid dienone is 4. The Hall–Kier alpha value is -2.28. The van der Waals surface area contributed by atoms with Crippen LogP contribution in [0.2, 0.25) is 0 Å². The van der Waals surface area contributed by atoms with Crippen molar-refractivity contribution in [2.45, 2.75) is 6.42 Å². The molecule has 0 saturated carbocycles. The molecule has 2 aromatic carbocycles. The van der Waals surface area contributed by atoms with Gasteiger partial charge < -0.3 is 4.74 Å². The average Bonchev–Trinajstić information content (AvgIpc) is 3.17. The molecule has 0 spiro atoms. The molecule has 0 unspecified atom stereocenters. The molecule has 2 aliphatic rings. The lowest BCUT2D eigenvalue weighted by atomic mass is 9.87. The van der Waals surface area contributed by atoms with Gasteiger partial charge in [-0.3, -0.25) is 0 Å². The quantitative estimate of drug-likeness (QED) is 0.730. The summed E-state index contributed by atoms with van der Waals surface area (Å²) in [6.07, 6.45) is 5.97. The van der Waals surface area contributed by atoms with Gasteiger partial charge in [-0.1, -0.05) is 54.6 Å². The molecule has 0 amide bonds. The third-order valence-electron chi connectivity index (χ3n) is 4.60. The molecule has 0 aromatic heterocycles. The zero-order chi connectivity index (χ0) is 14.2. The lowest BCUT2D eigenvalue weighted by molar-refractivity contribution is 0.415. The number of methoxy groups -OCH3 is 1. The smallest absolute Gasteiger partial charge is 0.118 e. The summed E-state index contributed by atoms with van der Waals surface area (Å²) in [5.74, 6) is 2.06. The summed E-state index contributed by atoms with van der Waals surface area (Å²) in [7, 11) is 1.71. The van der Waals surface area contributed by atoms with E-state index >= 15 is 0 Å². The monoisotopic (exact) mass is 274 g/mol. The minimum atomic E-state index is 0.568. The van der Waals surface area contributed by atoms with Gasteiger partial charge >= 0.3 is 0 Å². The van der Waals surface area contributed by atoms with Crippen molar-refractivity contribution in [3.8, 4) is 5.75 Å². The molecule has 0 radical (unpaired) electrons. The van der Waals surface area contributed by atoms with E-state index in [1.807, 2.05) is 0 Å². The highest BCUT2D eigenvalue weighted by atomic mass is 16.5. The Morgan fingerprint density at radius 1 is 0.762 bits per heavy atom. The summed E-state index contributed by atoms with van der Waals surface area (Å²) in [6.45, 7) is 0. The summed E-state index contributed by atoms with van der Waals surface area (Å²) in [6, 6.07) is 19.3. The fourth-order valence-corrected chi connectivity index (χ4v) is 3.65. The normalized spacial score (nSPS) is 22.9. The molecule has 0 heterocycles. The van der Waals surface area contributed by atoms with E-state index in [4.69, 9.17) is 4.74 Å². The van der Waals surface area contributed by atoms with Crippen molar-refractivity contribution >= 4 is 11.1 Å². The van der Waals surface area contributed by atoms with E-state index in [0.29, 0.717) is 11.8 Å². The van der Waals surface area contributed by atoms with E-state index in [0.717, 1.165) is 5.75 Å². The fraction of sp³-hybridized carbons (Fsp3) is 0.200. The van der Waals surface area contributed by atoms with Crippen LogP contribution >= 0.6 is 0 Å². The number of rotatable bonds is 3. The van der Waals surface area contributed by atoms with Crippen LogP contribution in [0.25, 0.3) is 11.1 Å². The van der Waals surface area contributed by atoms with Crippen molar-refractivity contribution in [3.63, 3.8) is 0 Å². The minimum absolute atomic E-state index is 0.568. The van der Waals surface area contributed by atoms with Gasteiger partial charge in [0.15, 0.2) is 0 Å². The van der Waals surface area contributed by atoms with Crippen LogP contribution in [0.3, 0.4) is 0 Å². The van der Waals surface area contributed by atoms with E-state index in [1.165, 1.54) is 28.7 Å². The first-order valence-corrected chi connectivity index (χ1v) is 7.49. The molecule has 2 aromatic rings. The molecule has 0 fully saturated rings. The van der Waals surface area contributed by atoms with Gasteiger partial charge in [0.2, 0.25) is 0 Å². The first kappa shape index (κ1) is 12.5. The van der Waals surface area contributed by atoms with Crippen LogP contribution in [0.1, 0.15) is 17.5 Å². The van der Waals surface area contributed by atoms with Gasteiger partial charge in [0.05, 0.1) is 7.11 Å². The van der Waals surface area contributed by atoms with Gasteiger partial charge in [-0.05, 0) is 40.8 Å². The largest absolute Gasteiger partial charge is 0.497 e. The van der Waals surface area contributed by atoms with Crippen molar-refractivity contribution in [1.82, 2.24) is 0 Å². The number of fused-ring (bicyclic) bond motifs is 2. The predicted molar refractivity (Wildman–Crippen MR) is 87.0 cm³/mol. The number of ether oxygens (including phenoxy) is 1. The molecule has 0 N–H and O–H groups in total. The highest BCUT2D eigenvalue weighted by Gasteiger charge is 2.36. The van der Waals surface area contributed by atoms with Crippen molar-refractivity contribution in [2.24, 2.45) is 11.8 Å². The van der Waals surface area contributed by atoms with Crippen molar-refractivity contribution in [3.05, 3.63) is 77.9 Å². The van der Waals surface area contributed by atoms with Crippen LogP contribution in [-0.2, 0) is 0 Å². The molecule has 0 saturated heterocycles. The lowest BCUT2D eigenvalue weighted by Crippen LogP contribution is -1.98. The van der Waals surface area contributed by atoms with E-state index < -0.39 is 0 Å². The molecule has 2 atom stereocenters. The molecule has 2 bridgehead atoms. The summed E-state index contributed by atoms with van der Waals surface area (Å²) < 4.78 is 5.28. The standard InChI is InChI=1S/C20H18O/c1-21-18-11-9-15(10-12-18)20-17-8-7-16(13-17)19(20)14-5-3-2-4-6-14/h2-12,16-17H,13H2,1H3/t16-,17+/m0/s1. The summed E-state index contributed by atoms with van der Waals surface area (Å²) in [5, 5.41) is 0. The third-order valence-corrected chi connectivity index (χ3v) is 4.60. The molecular formula is C20H18O. The molecular weight excluding hydrogens is 256 g/mol. The van der Waals surface area contributed by atoms with Crippen molar-refractivity contribution in [2.75, 3.05) is 7.11 Å². The maximum absolute atomic E-state index is 5.28. The number of hydrogen-bond acceptors (Lipinski definition) is 1. The van der Waals surface area contributed by atoms with Crippen LogP contribution in [0, 0.1) is 11.8 Å². The Bertz CT molecular complexity index is 707. The van der Waals surface area contributed by atoms with Crippen LogP contribution in [-0.4, -0.2) is 7.11 Å². The maximum Gasteiger partial charge on any atom is 0.118 e. The second kappa shape index (κ2) is 4.92. The summed E-state index contributed by atoms with van der Waals surface area (Å²) in [4.78, 5) is 0. The topological polar surface area (TPSA) is 9.23 Å². The minimum Gasteiger partial charge on any atom is -0.497 e. The van der Waals surface area contributed by atoms with Crippen LogP contribution in [0.4, 0.5) is 0 Å². The molecule has 4 rings (SSSR count). The van der Waals surface area contributed by atoms with Gasteiger partial charge in [0, 0.05) is 11.8 Å². The first-order chi connectivity index (χ1) is 10.4. The molecule has 1 nitrogen and oxygen atoms in total. The Kier molecular flexibility index (Phi) is 2.92. The average molecular weight is 274 g/mol. The fourth-order valence-electron chi connectivity index (χ4n) is 3.65. The molecule has 104 valence electrons. The Morgan fingerprint density at radius 3 is 1.90 bits per heavy atom. The zero-order valence-corrected chi connectivity index (χ0v) is 12.1. The maximum atomic E-state index is 5.28. The van der Waals surface area contributed by atoms with Gasteiger partial charge in [0.25, 0.3) is 0 Å². The SMILES string of the molecule is COc1ccc(C2=C(c3ccccc3)[C@H]3C=C[C@@H]2C3)cc1. The Balaban J connectivity index is 1.84. The van der Waals surface area contributed by atoms with E-state index in [-0.39, 0.29) is 0 Å². The van der Waals surface area contributed by atoms with Crippen LogP contribution in [0.5, 0.6) is 5.75 Å². The van der Waals surface area contributed by atoms with Gasteiger partial charge in [0.1, 0.15) is 5.75 Å². The molecule has 0 aliphatic heterocycles. The zero-order valence-electron chi connectivity index (χ0n) is 12.1. The van der Waals surface area contributed by atoms with E-state index in [1.54, 1.807) is 7.11 Å². The van der Waals surface area contributed by atoms with Gasteiger partial charge in [-0.2, -0.15) is 0 Å². The second-order valence-corrected chi connectivity index (χ2v) is 5.76. The van der Waals surface area contributed by atoms with E-state index in [2.05, 4.69) is 66.7 Å². The molecule has 1 heteroatoms. The lowest BCUT2D eigenvalue weighted by Gasteiger charge is -2.17. The first-order valence-electron chi connectivity index (χ1n) is 7.49. The van der Waals surface area contributed by atoms with E-state index in [9.17, 15) is 0 Å².